The molecule has 0 saturated carbocycles. The molecular formula is C35H60N2O3S. The Morgan fingerprint density at radius 1 is 1.00 bits per heavy atom. The number of rotatable bonds is 9. The zero-order chi connectivity index (χ0) is 30.9. The molecule has 2 aromatic rings. The summed E-state index contributed by atoms with van der Waals surface area (Å²) in [5.74, 6) is 1.49. The number of nitrogens with one attached hydrogen (secondary N) is 1. The summed E-state index contributed by atoms with van der Waals surface area (Å²) in [6, 6.07) is 1.95. The topological polar surface area (TPSA) is 65.7 Å². The maximum atomic E-state index is 12.9. The third-order valence-electron chi connectivity index (χ3n) is 7.87. The van der Waals surface area contributed by atoms with Crippen molar-refractivity contribution in [3.8, 4) is 0 Å². The number of amides is 2. The highest BCUT2D eigenvalue weighted by Gasteiger charge is 2.28. The highest BCUT2D eigenvalue weighted by molar-refractivity contribution is 7.97. The molecule has 5 nitrogen and oxygen atoms in total. The molecule has 1 aromatic carbocycles. The fourth-order valence-electron chi connectivity index (χ4n) is 5.55. The van der Waals surface area contributed by atoms with Crippen LogP contribution in [0.25, 0.3) is 0 Å². The molecule has 2 aliphatic rings. The van der Waals surface area contributed by atoms with Gasteiger partial charge in [-0.1, -0.05) is 74.1 Å². The molecule has 2 amide bonds. The van der Waals surface area contributed by atoms with Gasteiger partial charge in [-0.15, -0.1) is 0 Å². The molecule has 1 aromatic heterocycles. The van der Waals surface area contributed by atoms with Gasteiger partial charge in [-0.2, -0.15) is 0 Å². The van der Waals surface area contributed by atoms with Crippen LogP contribution in [0.5, 0.6) is 0 Å². The summed E-state index contributed by atoms with van der Waals surface area (Å²) in [6.45, 7) is 19.3. The molecule has 0 radical (unpaired) electrons. The second-order valence-corrected chi connectivity index (χ2v) is 12.1. The number of aliphatic hydroxyl groups excluding tert-OH is 1. The number of benzene rings is 1. The zero-order valence-electron chi connectivity index (χ0n) is 28.0. The van der Waals surface area contributed by atoms with E-state index in [0.29, 0.717) is 12.5 Å². The van der Waals surface area contributed by atoms with E-state index in [-0.39, 0.29) is 6.03 Å². The molecule has 1 atom stereocenters. The van der Waals surface area contributed by atoms with E-state index in [1.165, 1.54) is 83.9 Å². The van der Waals surface area contributed by atoms with E-state index < -0.39 is 0 Å². The van der Waals surface area contributed by atoms with E-state index in [2.05, 4.69) is 46.9 Å². The standard InChI is InChI=1S/C22H28N2O2S.C8H18O.C3H8.C2H6/c1-5-15-12-20(26-14(15)3)27-24(4)22(25)23-21-18-10-6-8-16(18)13(2)17-9-7-11-19(17)21;1-3-5-6-8(4-2)7-9;1-3-2;1-2/h12H,5-11H2,1-4H3,(H,23,25);8-9H,3-7H2,1-2H3;3H2,1-2H3;1-2H3. The second kappa shape index (κ2) is 20.1. The molecule has 0 bridgehead atoms. The summed E-state index contributed by atoms with van der Waals surface area (Å²) >= 11 is 1.35. The number of anilines is 1. The number of hydrogen-bond acceptors (Lipinski definition) is 4. The molecule has 4 rings (SSSR count). The van der Waals surface area contributed by atoms with Crippen LogP contribution >= 0.6 is 11.9 Å². The minimum atomic E-state index is -0.0841. The molecule has 0 fully saturated rings. The van der Waals surface area contributed by atoms with Crippen LogP contribution in [0.2, 0.25) is 0 Å². The van der Waals surface area contributed by atoms with Crippen molar-refractivity contribution in [1.82, 2.24) is 4.31 Å². The zero-order valence-corrected chi connectivity index (χ0v) is 28.8. The maximum Gasteiger partial charge on any atom is 0.331 e. The van der Waals surface area contributed by atoms with E-state index in [1.807, 2.05) is 26.8 Å². The third kappa shape index (κ3) is 10.7. The van der Waals surface area contributed by atoms with Gasteiger partial charge in [0, 0.05) is 31.3 Å². The van der Waals surface area contributed by atoms with Crippen molar-refractivity contribution in [3.63, 3.8) is 0 Å². The first kappa shape index (κ1) is 37.1. The molecule has 1 heterocycles. The van der Waals surface area contributed by atoms with Crippen molar-refractivity contribution in [2.24, 2.45) is 5.92 Å². The van der Waals surface area contributed by atoms with E-state index in [4.69, 9.17) is 9.52 Å². The van der Waals surface area contributed by atoms with Gasteiger partial charge in [0.25, 0.3) is 0 Å². The Kier molecular flexibility index (Phi) is 18.2. The van der Waals surface area contributed by atoms with Gasteiger partial charge in [-0.3, -0.25) is 4.31 Å². The van der Waals surface area contributed by atoms with Crippen LogP contribution < -0.4 is 5.32 Å². The summed E-state index contributed by atoms with van der Waals surface area (Å²) in [4.78, 5) is 12.9. The lowest BCUT2D eigenvalue weighted by atomic mass is 9.93. The van der Waals surface area contributed by atoms with Gasteiger partial charge >= 0.3 is 6.03 Å². The van der Waals surface area contributed by atoms with Gasteiger partial charge in [-0.25, -0.2) is 4.79 Å². The molecular weight excluding hydrogens is 528 g/mol. The van der Waals surface area contributed by atoms with E-state index in [9.17, 15) is 4.79 Å². The number of furan rings is 1. The Balaban J connectivity index is 0.000000507. The summed E-state index contributed by atoms with van der Waals surface area (Å²) in [5, 5.41) is 12.8. The number of carbonyl (C=O) groups excluding carboxylic acids is 1. The molecule has 0 saturated heterocycles. The van der Waals surface area contributed by atoms with Crippen LogP contribution in [0.15, 0.2) is 15.6 Å². The molecule has 2 aliphatic carbocycles. The number of urea groups is 1. The second-order valence-electron chi connectivity index (χ2n) is 10.9. The molecule has 6 heteroatoms. The Hall–Kier alpha value is -1.92. The molecule has 1 unspecified atom stereocenters. The molecule has 0 spiro atoms. The lowest BCUT2D eigenvalue weighted by Gasteiger charge is -2.21. The number of carbonyl (C=O) groups is 1. The lowest BCUT2D eigenvalue weighted by Crippen LogP contribution is -2.26. The molecule has 0 aliphatic heterocycles. The van der Waals surface area contributed by atoms with Crippen LogP contribution in [0.1, 0.15) is 133 Å². The van der Waals surface area contributed by atoms with Crippen molar-refractivity contribution in [3.05, 3.63) is 45.2 Å². The average molecular weight is 589 g/mol. The normalized spacial score (nSPS) is 13.4. The largest absolute Gasteiger partial charge is 0.453 e. The summed E-state index contributed by atoms with van der Waals surface area (Å²) < 4.78 is 7.42. The average Bonchev–Trinajstić information content (AvgIpc) is 3.74. The number of unbranched alkanes of at least 4 members (excludes halogenated alkanes) is 1. The van der Waals surface area contributed by atoms with E-state index in [1.54, 1.807) is 11.4 Å². The van der Waals surface area contributed by atoms with Crippen molar-refractivity contribution in [2.75, 3.05) is 19.0 Å². The number of aliphatic hydroxyl groups is 1. The van der Waals surface area contributed by atoms with Crippen LogP contribution in [-0.2, 0) is 32.1 Å². The molecule has 2 N–H and O–H groups in total. The van der Waals surface area contributed by atoms with Gasteiger partial charge in [0.15, 0.2) is 5.09 Å². The highest BCUT2D eigenvalue weighted by Crippen LogP contribution is 2.41. The first-order chi connectivity index (χ1) is 19.8. The van der Waals surface area contributed by atoms with Crippen LogP contribution in [0.3, 0.4) is 0 Å². The quantitative estimate of drug-likeness (QED) is 0.286. The SMILES string of the molecule is CC.CCC.CCCCC(CC)CO.CCc1cc(SN(C)C(=O)Nc2c3c(c(C)c4c2CCC4)CCC3)oc1C. The smallest absolute Gasteiger partial charge is 0.331 e. The number of hydrogen-bond donors (Lipinski definition) is 2. The van der Waals surface area contributed by atoms with Crippen molar-refractivity contribution >= 4 is 23.7 Å². The van der Waals surface area contributed by atoms with Crippen LogP contribution in [0.4, 0.5) is 10.5 Å². The summed E-state index contributed by atoms with van der Waals surface area (Å²) in [5.41, 5.74) is 9.49. The monoisotopic (exact) mass is 588 g/mol. The van der Waals surface area contributed by atoms with Crippen LogP contribution in [0, 0.1) is 19.8 Å². The molecule has 234 valence electrons. The van der Waals surface area contributed by atoms with Gasteiger partial charge < -0.3 is 14.8 Å². The van der Waals surface area contributed by atoms with Gasteiger partial charge in [-0.05, 0) is 111 Å². The Morgan fingerprint density at radius 2 is 1.54 bits per heavy atom. The van der Waals surface area contributed by atoms with Crippen LogP contribution in [-0.4, -0.2) is 29.1 Å². The van der Waals surface area contributed by atoms with Crippen molar-refractivity contribution < 1.29 is 14.3 Å². The Bertz CT molecular complexity index is 1010. The van der Waals surface area contributed by atoms with E-state index >= 15 is 0 Å². The Labute approximate surface area is 256 Å². The van der Waals surface area contributed by atoms with Crippen molar-refractivity contribution in [2.45, 2.75) is 144 Å². The minimum Gasteiger partial charge on any atom is -0.453 e. The summed E-state index contributed by atoms with van der Waals surface area (Å²) in [6.07, 6.45) is 13.8. The Morgan fingerprint density at radius 3 is 1.98 bits per heavy atom. The van der Waals surface area contributed by atoms with Gasteiger partial charge in [0.2, 0.25) is 0 Å². The predicted molar refractivity (Wildman–Crippen MR) is 178 cm³/mol. The van der Waals surface area contributed by atoms with Crippen molar-refractivity contribution in [1.29, 1.82) is 0 Å². The first-order valence-electron chi connectivity index (χ1n) is 16.3. The van der Waals surface area contributed by atoms with Gasteiger partial charge in [0.05, 0.1) is 0 Å². The fourth-order valence-corrected chi connectivity index (χ4v) is 6.30. The summed E-state index contributed by atoms with van der Waals surface area (Å²) in [7, 11) is 1.80. The highest BCUT2D eigenvalue weighted by atomic mass is 32.2. The van der Waals surface area contributed by atoms with Gasteiger partial charge in [0.1, 0.15) is 5.76 Å². The number of nitrogens with zero attached hydrogens (tertiary/aromatic N) is 1. The number of aryl methyl sites for hydroxylation is 2. The number of fused-ring (bicyclic) bond motifs is 2. The maximum absolute atomic E-state index is 12.9. The first-order valence-corrected chi connectivity index (χ1v) is 17.1. The minimum absolute atomic E-state index is 0.0841. The third-order valence-corrected chi connectivity index (χ3v) is 8.69. The lowest BCUT2D eigenvalue weighted by molar-refractivity contribution is 0.212. The van der Waals surface area contributed by atoms with E-state index in [0.717, 1.165) is 55.1 Å². The fraction of sp³-hybridized carbons (Fsp3) is 0.686. The predicted octanol–water partition coefficient (Wildman–Crippen LogP) is 10.2. The molecule has 41 heavy (non-hydrogen) atoms.